The molecule has 2 unspecified atom stereocenters. The van der Waals surface area contributed by atoms with Gasteiger partial charge in [0.05, 0.1) is 43.0 Å². The van der Waals surface area contributed by atoms with E-state index in [1.54, 1.807) is 24.3 Å². The van der Waals surface area contributed by atoms with Crippen LogP contribution in [0.2, 0.25) is 39.3 Å². The summed E-state index contributed by atoms with van der Waals surface area (Å²) in [6.45, 7) is 38.9. The summed E-state index contributed by atoms with van der Waals surface area (Å²) in [5, 5.41) is 38.2. The summed E-state index contributed by atoms with van der Waals surface area (Å²) in [6.07, 6.45) is -2.92. The Morgan fingerprint density at radius 3 is 1.38 bits per heavy atom. The second-order valence-corrected chi connectivity index (χ2v) is 37.4. The Balaban J connectivity index is 0.000000210. The van der Waals surface area contributed by atoms with Crippen molar-refractivity contribution in [2.75, 3.05) is 13.2 Å². The maximum absolute atomic E-state index is 15.0. The molecule has 17 heteroatoms. The second-order valence-electron chi connectivity index (χ2n) is 28.4. The fourth-order valence-corrected chi connectivity index (χ4v) is 19.3. The number of fused-ring (bicyclic) bond motifs is 10. The van der Waals surface area contributed by atoms with E-state index < -0.39 is 139 Å². The van der Waals surface area contributed by atoms with Gasteiger partial charge >= 0.3 is 17.9 Å². The monoisotopic (exact) mass is 1120 g/mol. The van der Waals surface area contributed by atoms with E-state index in [0.29, 0.717) is 18.4 Å². The highest BCUT2D eigenvalue weighted by molar-refractivity contribution is 6.70. The molecular formula is C61H92O15Si2. The molecule has 18 atom stereocenters. The molecule has 9 rings (SSSR count). The lowest BCUT2D eigenvalue weighted by atomic mass is 9.42. The molecule has 3 N–H and O–H groups in total. The zero-order valence-electron chi connectivity index (χ0n) is 50.3. The van der Waals surface area contributed by atoms with Crippen LogP contribution < -0.4 is 0 Å². The van der Waals surface area contributed by atoms with Gasteiger partial charge in [-0.2, -0.15) is 0 Å². The highest BCUT2D eigenvalue weighted by Gasteiger charge is 2.78. The molecule has 15 nitrogen and oxygen atoms in total. The molecule has 2 saturated heterocycles. The molecule has 434 valence electrons. The number of aliphatic hydroxyl groups is 3. The first-order valence-corrected chi connectivity index (χ1v) is 35.3. The first kappa shape index (κ1) is 60.7. The molecule has 4 saturated carbocycles. The number of carbonyl (C=O) groups excluding carboxylic acids is 5. The lowest BCUT2D eigenvalue weighted by molar-refractivity contribution is -0.340. The van der Waals surface area contributed by atoms with E-state index in [0.717, 1.165) is 22.3 Å². The molecule has 0 spiro atoms. The molecule has 6 aliphatic carbocycles. The third-order valence-electron chi connectivity index (χ3n) is 21.2. The lowest BCUT2D eigenvalue weighted by Crippen LogP contribution is -2.80. The van der Waals surface area contributed by atoms with E-state index in [9.17, 15) is 34.5 Å². The van der Waals surface area contributed by atoms with E-state index in [-0.39, 0.29) is 49.5 Å². The van der Waals surface area contributed by atoms with Crippen LogP contribution in [0.15, 0.2) is 52.6 Å². The van der Waals surface area contributed by atoms with Gasteiger partial charge < -0.3 is 47.9 Å². The van der Waals surface area contributed by atoms with Gasteiger partial charge in [0.1, 0.15) is 41.1 Å². The summed E-state index contributed by atoms with van der Waals surface area (Å²) in [4.78, 5) is 68.5. The highest BCUT2D eigenvalue weighted by atomic mass is 28.4. The van der Waals surface area contributed by atoms with Crippen LogP contribution >= 0.6 is 0 Å². The summed E-state index contributed by atoms with van der Waals surface area (Å²) in [7, 11) is -4.14. The molecule has 0 aromatic heterocycles. The van der Waals surface area contributed by atoms with Crippen LogP contribution in [-0.4, -0.2) is 134 Å². The van der Waals surface area contributed by atoms with Gasteiger partial charge in [-0.15, -0.1) is 0 Å². The Morgan fingerprint density at radius 1 is 0.615 bits per heavy atom. The van der Waals surface area contributed by atoms with Crippen LogP contribution in [0.4, 0.5) is 0 Å². The number of Topliss-reactive ketones (excluding diaryl/α,β-unsaturated/α-hetero) is 2. The Hall–Kier alpha value is -3.40. The van der Waals surface area contributed by atoms with Crippen molar-refractivity contribution in [1.82, 2.24) is 0 Å². The third-order valence-corrected chi connectivity index (χ3v) is 23.1. The van der Waals surface area contributed by atoms with Crippen molar-refractivity contribution in [3.8, 4) is 0 Å². The van der Waals surface area contributed by atoms with E-state index >= 15 is 4.79 Å². The maximum Gasteiger partial charge on any atom is 0.338 e. The molecular weight excluding hydrogens is 1030 g/mol. The number of ether oxygens (including phenoxy) is 5. The molecule has 1 aromatic carbocycles. The van der Waals surface area contributed by atoms with Crippen molar-refractivity contribution >= 4 is 46.1 Å². The van der Waals surface area contributed by atoms with Crippen molar-refractivity contribution in [3.05, 3.63) is 58.2 Å². The normalized spacial score (nSPS) is 43.4. The van der Waals surface area contributed by atoms with Crippen LogP contribution in [0.3, 0.4) is 0 Å². The minimum atomic E-state index is -2.13. The number of aliphatic hydroxyl groups excluding tert-OH is 1. The van der Waals surface area contributed by atoms with Crippen molar-refractivity contribution in [2.45, 2.75) is 221 Å². The number of esters is 3. The Labute approximate surface area is 465 Å². The molecule has 78 heavy (non-hydrogen) atoms. The minimum Gasteiger partial charge on any atom is -0.455 e. The molecule has 2 aliphatic heterocycles. The third kappa shape index (κ3) is 8.89. The second kappa shape index (κ2) is 19.6. The van der Waals surface area contributed by atoms with E-state index in [4.69, 9.17) is 32.5 Å². The fraction of sp³-hybridized carbons (Fsp3) is 0.754. The smallest absolute Gasteiger partial charge is 0.338 e. The first-order valence-electron chi connectivity index (χ1n) is 28.5. The van der Waals surface area contributed by atoms with Gasteiger partial charge in [-0.1, -0.05) is 87.4 Å². The highest BCUT2D eigenvalue weighted by Crippen LogP contribution is 2.68. The number of benzene rings is 1. The quantitative estimate of drug-likeness (QED) is 0.0959. The van der Waals surface area contributed by atoms with Crippen molar-refractivity contribution in [3.63, 3.8) is 0 Å². The van der Waals surface area contributed by atoms with Gasteiger partial charge in [0.2, 0.25) is 0 Å². The zero-order chi connectivity index (χ0) is 58.4. The number of ketones is 2. The standard InChI is InChI=1S/C34H48O8Si.C27H44O7Si/c1-19-16-25-33(18-39-25,41-22(4)35)27-29(40-30(37)23-14-12-11-13-15-23)34(38)17-24(42-43(8,9)10)20(2)26(31(34,5)6)21(3)28(36)32(19,27)7;1-14-11-19-26(13-32-19,33-17(4)28)21-23(30)27(31)12-18(34-35(8,9)10)15(2)20(24(27,5)6)16(3)22(29)25(14,21)7/h11-15,19,21,24-25,27,29,38H,16-18H2,1-10H3;14,16,18-19,21,23,30-31H,11-13H2,1-10H3/t19-,21+,24-,25+,27?,29-,32+,33-,34+;14-,16+,18-,19+,21?,23-,25+,26-,27+/m00/s1. The molecule has 1 aromatic rings. The van der Waals surface area contributed by atoms with Crippen molar-refractivity contribution in [2.24, 2.45) is 57.2 Å². The summed E-state index contributed by atoms with van der Waals surface area (Å²) in [6, 6.07) is 8.66. The van der Waals surface area contributed by atoms with Crippen LogP contribution in [0.5, 0.6) is 0 Å². The van der Waals surface area contributed by atoms with Gasteiger partial charge in [0, 0.05) is 66.1 Å². The fourth-order valence-electron chi connectivity index (χ4n) is 17.1. The molecule has 2 heterocycles. The van der Waals surface area contributed by atoms with Crippen molar-refractivity contribution in [1.29, 1.82) is 0 Å². The number of hydrogen-bond donors (Lipinski definition) is 3. The number of hydrogen-bond acceptors (Lipinski definition) is 15. The van der Waals surface area contributed by atoms with Gasteiger partial charge in [-0.05, 0) is 112 Å². The van der Waals surface area contributed by atoms with Crippen molar-refractivity contribution < 1.29 is 71.8 Å². The lowest BCUT2D eigenvalue weighted by Gasteiger charge is -2.68. The van der Waals surface area contributed by atoms with E-state index in [2.05, 4.69) is 39.3 Å². The Kier molecular flexibility index (Phi) is 15.3. The summed E-state index contributed by atoms with van der Waals surface area (Å²) < 4.78 is 43.8. The molecule has 8 aliphatic rings. The average Bonchev–Trinajstić information content (AvgIpc) is 3.21. The van der Waals surface area contributed by atoms with E-state index in [1.807, 2.05) is 89.2 Å². The number of rotatable bonds is 8. The van der Waals surface area contributed by atoms with Gasteiger partial charge in [0.25, 0.3) is 0 Å². The summed E-state index contributed by atoms with van der Waals surface area (Å²) in [5.74, 6) is -4.65. The summed E-state index contributed by atoms with van der Waals surface area (Å²) >= 11 is 0. The minimum absolute atomic E-state index is 0.0132. The van der Waals surface area contributed by atoms with Crippen LogP contribution in [-0.2, 0) is 51.7 Å². The molecule has 0 radical (unpaired) electrons. The average molecular weight is 1120 g/mol. The van der Waals surface area contributed by atoms with Crippen LogP contribution in [0, 0.1) is 57.2 Å². The maximum atomic E-state index is 15.0. The first-order chi connectivity index (χ1) is 35.7. The predicted octanol–water partition coefficient (Wildman–Crippen LogP) is 9.12. The molecule has 6 fully saturated rings. The topological polar surface area (TPSA) is 211 Å². The van der Waals surface area contributed by atoms with Gasteiger partial charge in [-0.25, -0.2) is 4.79 Å². The van der Waals surface area contributed by atoms with Gasteiger partial charge in [-0.3, -0.25) is 19.2 Å². The Morgan fingerprint density at radius 2 is 1.00 bits per heavy atom. The zero-order valence-corrected chi connectivity index (χ0v) is 52.3. The number of carbonyl (C=O) groups is 5. The largest absolute Gasteiger partial charge is 0.455 e. The molecule has 4 bridgehead atoms. The predicted molar refractivity (Wildman–Crippen MR) is 298 cm³/mol. The Bertz CT molecular complexity index is 2670. The van der Waals surface area contributed by atoms with E-state index in [1.165, 1.54) is 13.8 Å². The SMILES string of the molecule is CC(=O)O[C@@]12CO[C@@H]1C[C@H](C)[C@@]1(C)C(=O)[C@H](C)C3=C(C)[C@@H](O[Si](C)(C)C)C[C@@](O)([C@@H](O)C12)C3(C)C.CC(=O)O[C@@]12CO[C@@H]1C[C@H](C)[C@@]1(C)C(=O)[C@H](C)C3=C(C)[C@@H](O[Si](C)(C)C)C[C@@](O)([C@@H](OC(=O)c4ccccc4)C12)C3(C)C. The van der Waals surface area contributed by atoms with Crippen LogP contribution in [0.1, 0.15) is 133 Å². The summed E-state index contributed by atoms with van der Waals surface area (Å²) in [5.41, 5.74) is -5.75. The van der Waals surface area contributed by atoms with Crippen LogP contribution in [0.25, 0.3) is 0 Å². The van der Waals surface area contributed by atoms with Gasteiger partial charge in [0.15, 0.2) is 27.8 Å². The molecule has 0 amide bonds.